The van der Waals surface area contributed by atoms with Crippen LogP contribution in [-0.4, -0.2) is 33.6 Å². The summed E-state index contributed by atoms with van der Waals surface area (Å²) in [6, 6.07) is 2.54. The van der Waals surface area contributed by atoms with Crippen LogP contribution in [0, 0.1) is 5.92 Å². The van der Waals surface area contributed by atoms with Gasteiger partial charge in [0.25, 0.3) is 0 Å². The highest BCUT2D eigenvalue weighted by Gasteiger charge is 2.29. The van der Waals surface area contributed by atoms with E-state index in [1.807, 2.05) is 13.8 Å². The van der Waals surface area contributed by atoms with E-state index < -0.39 is 0 Å². The minimum atomic E-state index is -0.339. The van der Waals surface area contributed by atoms with Gasteiger partial charge in [0.2, 0.25) is 22.5 Å². The average Bonchev–Trinajstić information content (AvgIpc) is 2.35. The second kappa shape index (κ2) is 6.38. The second-order valence-corrected chi connectivity index (χ2v) is 4.84. The zero-order chi connectivity index (χ0) is 13.7. The summed E-state index contributed by atoms with van der Waals surface area (Å²) in [6.07, 6.45) is 2.13. The first kappa shape index (κ1) is 14.5. The number of ketones is 1. The van der Waals surface area contributed by atoms with Gasteiger partial charge in [-0.25, -0.2) is 0 Å². The molecule has 1 rings (SSSR count). The summed E-state index contributed by atoms with van der Waals surface area (Å²) < 4.78 is 1.61. The molecule has 1 aromatic rings. The van der Waals surface area contributed by atoms with Crippen molar-refractivity contribution in [3.8, 4) is 0 Å². The Morgan fingerprint density at radius 3 is 2.61 bits per heavy atom. The van der Waals surface area contributed by atoms with Gasteiger partial charge in [-0.1, -0.05) is 13.8 Å². The fourth-order valence-corrected chi connectivity index (χ4v) is 1.83. The highest BCUT2D eigenvalue weighted by atomic mass is 32.1. The molecule has 0 aromatic carbocycles. The number of aromatic amines is 1. The molecule has 4 nitrogen and oxygen atoms in total. The van der Waals surface area contributed by atoms with Crippen molar-refractivity contribution < 1.29 is 9.37 Å². The molecule has 0 fully saturated rings. The summed E-state index contributed by atoms with van der Waals surface area (Å²) in [5.74, 6) is 0.312. The number of carbonyl (C=O) groups excluding carboxylic acids is 1. The van der Waals surface area contributed by atoms with Gasteiger partial charge in [-0.15, -0.1) is 0 Å². The summed E-state index contributed by atoms with van der Waals surface area (Å²) >= 11 is 4.76. The molecule has 1 aromatic heterocycles. The minimum absolute atomic E-state index is 0.0557. The highest BCUT2D eigenvalue weighted by molar-refractivity contribution is 7.78. The van der Waals surface area contributed by atoms with E-state index in [0.29, 0.717) is 17.9 Å². The van der Waals surface area contributed by atoms with Crippen molar-refractivity contribution in [1.29, 1.82) is 0 Å². The van der Waals surface area contributed by atoms with Crippen LogP contribution in [-0.2, 0) is 0 Å². The maximum absolute atomic E-state index is 12.3. The quantitative estimate of drug-likeness (QED) is 0.382. The maximum Gasteiger partial charge on any atom is 0.249 e. The summed E-state index contributed by atoms with van der Waals surface area (Å²) in [4.78, 5) is 25.8. The number of carbonyl (C=O) groups is 1. The number of hydrogen-bond acceptors (Lipinski definition) is 3. The van der Waals surface area contributed by atoms with Crippen LogP contribution in [0.2, 0.25) is 0 Å². The normalized spacial score (nSPS) is 12.0. The van der Waals surface area contributed by atoms with Crippen molar-refractivity contribution in [2.45, 2.75) is 26.3 Å². The first-order chi connectivity index (χ1) is 8.45. The maximum atomic E-state index is 12.3. The average molecular weight is 265 g/mol. The van der Waals surface area contributed by atoms with E-state index in [4.69, 9.17) is 12.2 Å². The lowest BCUT2D eigenvalue weighted by atomic mass is 9.96. The third-order valence-electron chi connectivity index (χ3n) is 2.68. The van der Waals surface area contributed by atoms with Crippen LogP contribution in [0.1, 0.15) is 30.6 Å². The predicted molar refractivity (Wildman–Crippen MR) is 73.4 cm³/mol. The molecule has 0 amide bonds. The zero-order valence-electron chi connectivity index (χ0n) is 10.8. The van der Waals surface area contributed by atoms with Crippen molar-refractivity contribution >= 4 is 23.2 Å². The Balaban J connectivity index is 3.06. The van der Waals surface area contributed by atoms with E-state index in [9.17, 15) is 9.59 Å². The Kier molecular flexibility index (Phi) is 5.13. The van der Waals surface area contributed by atoms with E-state index in [2.05, 4.69) is 10.1 Å². The van der Waals surface area contributed by atoms with Crippen molar-refractivity contribution in [3.05, 3.63) is 34.2 Å². The van der Waals surface area contributed by atoms with Crippen LogP contribution >= 0.6 is 12.2 Å². The molecule has 0 radical (unpaired) electrons. The standard InChI is InChI=1S/C13H16N2O2S/c1-9(2)6-11(15(3)8-18)13(17)10-4-5-12(16)14-7-10/h4-5,7,9,11H,6H2,1-3H3/p+1. The summed E-state index contributed by atoms with van der Waals surface area (Å²) in [6.45, 7) is 4.09. The third-order valence-corrected chi connectivity index (χ3v) is 2.97. The number of thiocarbonyl (C=S) groups is 1. The van der Waals surface area contributed by atoms with Crippen molar-refractivity contribution in [2.24, 2.45) is 5.92 Å². The Hall–Kier alpha value is -1.58. The van der Waals surface area contributed by atoms with Gasteiger partial charge in [-0.3, -0.25) is 9.59 Å². The molecule has 0 saturated heterocycles. The summed E-state index contributed by atoms with van der Waals surface area (Å²) in [5.41, 5.74) is 0.263. The number of isothiocyanates is 1. The number of nitrogens with one attached hydrogen (secondary N) is 1. The molecule has 1 N–H and O–H groups in total. The third kappa shape index (κ3) is 3.72. The molecular weight excluding hydrogens is 248 g/mol. The van der Waals surface area contributed by atoms with Crippen LogP contribution in [0.4, 0.5) is 0 Å². The lowest BCUT2D eigenvalue weighted by Crippen LogP contribution is -2.33. The van der Waals surface area contributed by atoms with Gasteiger partial charge < -0.3 is 4.98 Å². The van der Waals surface area contributed by atoms with Crippen molar-refractivity contribution in [3.63, 3.8) is 0 Å². The molecule has 0 saturated carbocycles. The zero-order valence-corrected chi connectivity index (χ0v) is 11.6. The minimum Gasteiger partial charge on any atom is -0.328 e. The van der Waals surface area contributed by atoms with Gasteiger partial charge in [0.1, 0.15) is 7.05 Å². The summed E-state index contributed by atoms with van der Waals surface area (Å²) in [7, 11) is 1.74. The molecule has 0 aliphatic heterocycles. The van der Waals surface area contributed by atoms with E-state index in [0.717, 1.165) is 0 Å². The molecule has 0 aliphatic carbocycles. The molecule has 96 valence electrons. The molecule has 0 bridgehead atoms. The largest absolute Gasteiger partial charge is 0.328 e. The van der Waals surface area contributed by atoms with Gasteiger partial charge in [-0.05, 0) is 12.0 Å². The van der Waals surface area contributed by atoms with E-state index in [-0.39, 0.29) is 17.4 Å². The number of rotatable bonds is 5. The molecule has 5 heteroatoms. The highest BCUT2D eigenvalue weighted by Crippen LogP contribution is 2.12. The lowest BCUT2D eigenvalue weighted by Gasteiger charge is -2.12. The molecule has 1 unspecified atom stereocenters. The van der Waals surface area contributed by atoms with Crippen molar-refractivity contribution in [2.75, 3.05) is 7.05 Å². The first-order valence-electron chi connectivity index (χ1n) is 5.79. The number of hydrogen-bond donors (Lipinski definition) is 1. The molecule has 1 atom stereocenters. The summed E-state index contributed by atoms with van der Waals surface area (Å²) in [5, 5.41) is 2.56. The number of aromatic nitrogens is 1. The Labute approximate surface area is 111 Å². The SMILES string of the molecule is CC(C)CC(C(=O)c1ccc(=O)[nH]c1)[N+](C)=C=S. The van der Waals surface area contributed by atoms with Gasteiger partial charge in [0.15, 0.2) is 0 Å². The van der Waals surface area contributed by atoms with Crippen LogP contribution in [0.25, 0.3) is 0 Å². The van der Waals surface area contributed by atoms with Crippen LogP contribution in [0.15, 0.2) is 23.1 Å². The molecular formula is C13H17N2O2S+. The second-order valence-electron chi connectivity index (χ2n) is 4.65. The first-order valence-corrected chi connectivity index (χ1v) is 6.20. The van der Waals surface area contributed by atoms with Crippen LogP contribution in [0.5, 0.6) is 0 Å². The smallest absolute Gasteiger partial charge is 0.249 e. The van der Waals surface area contributed by atoms with E-state index in [1.165, 1.54) is 18.3 Å². The number of nitrogens with zero attached hydrogens (tertiary/aromatic N) is 1. The molecule has 0 spiro atoms. The fourth-order valence-electron chi connectivity index (χ4n) is 1.71. The Morgan fingerprint density at radius 1 is 1.50 bits per heavy atom. The number of likely N-dealkylation sites (N-methyl/N-ethyl adjacent to an activating group) is 1. The Bertz CT molecular complexity index is 522. The van der Waals surface area contributed by atoms with Gasteiger partial charge in [0, 0.05) is 36.5 Å². The lowest BCUT2D eigenvalue weighted by molar-refractivity contribution is -0.515. The van der Waals surface area contributed by atoms with E-state index >= 15 is 0 Å². The van der Waals surface area contributed by atoms with Gasteiger partial charge in [0.05, 0.1) is 0 Å². The topological polar surface area (TPSA) is 52.9 Å². The monoisotopic (exact) mass is 265 g/mol. The van der Waals surface area contributed by atoms with Gasteiger partial charge in [-0.2, -0.15) is 4.58 Å². The molecule has 18 heavy (non-hydrogen) atoms. The van der Waals surface area contributed by atoms with Crippen LogP contribution < -0.4 is 5.56 Å². The van der Waals surface area contributed by atoms with Crippen molar-refractivity contribution in [1.82, 2.24) is 4.98 Å². The fraction of sp³-hybridized carbons (Fsp3) is 0.462. The van der Waals surface area contributed by atoms with Gasteiger partial charge >= 0.3 is 0 Å². The number of H-pyrrole nitrogens is 1. The van der Waals surface area contributed by atoms with Crippen LogP contribution in [0.3, 0.4) is 0 Å². The Morgan fingerprint density at radius 2 is 2.17 bits per heavy atom. The number of Topliss-reactive ketones (excluding diaryl/α,β-unsaturated/α-hetero) is 1. The molecule has 1 heterocycles. The predicted octanol–water partition coefficient (Wildman–Crippen LogP) is 1.72. The molecule has 0 aliphatic rings. The number of pyridine rings is 1. The van der Waals surface area contributed by atoms with E-state index in [1.54, 1.807) is 11.6 Å².